The van der Waals surface area contributed by atoms with Gasteiger partial charge in [-0.3, -0.25) is 4.79 Å². The molecule has 0 spiro atoms. The fourth-order valence-electron chi connectivity index (χ4n) is 3.80. The largest absolute Gasteiger partial charge is 0.507 e. The normalized spacial score (nSPS) is 10.5. The van der Waals surface area contributed by atoms with E-state index in [0.29, 0.717) is 11.5 Å². The SMILES string of the molecule is O=C(O)c1cc(C(=O)N(Cc2ccccc2)Cc2ccc(Oc3ccccc3)cc2)c(C(=O)O)cc1O. The number of carboxylic acid groups (broad SMARTS) is 2. The number of aromatic carboxylic acids is 2. The summed E-state index contributed by atoms with van der Waals surface area (Å²) in [5.41, 5.74) is 0.169. The lowest BCUT2D eigenvalue weighted by atomic mass is 10.0. The van der Waals surface area contributed by atoms with Crippen LogP contribution < -0.4 is 4.74 Å². The summed E-state index contributed by atoms with van der Waals surface area (Å²) in [4.78, 5) is 38.5. The zero-order chi connectivity index (χ0) is 26.4. The zero-order valence-corrected chi connectivity index (χ0v) is 19.6. The summed E-state index contributed by atoms with van der Waals surface area (Å²) >= 11 is 0. The predicted octanol–water partition coefficient (Wildman–Crippen LogP) is 5.42. The molecule has 0 aliphatic rings. The second-order valence-electron chi connectivity index (χ2n) is 8.23. The van der Waals surface area contributed by atoms with Crippen molar-refractivity contribution in [1.82, 2.24) is 4.90 Å². The first-order valence-electron chi connectivity index (χ1n) is 11.3. The predicted molar refractivity (Wildman–Crippen MR) is 135 cm³/mol. The van der Waals surface area contributed by atoms with E-state index in [9.17, 15) is 29.7 Å². The summed E-state index contributed by atoms with van der Waals surface area (Å²) in [5, 5.41) is 29.0. The highest BCUT2D eigenvalue weighted by molar-refractivity contribution is 6.07. The van der Waals surface area contributed by atoms with E-state index in [0.717, 1.165) is 23.3 Å². The average molecular weight is 498 g/mol. The van der Waals surface area contributed by atoms with E-state index in [2.05, 4.69) is 0 Å². The van der Waals surface area contributed by atoms with E-state index in [1.165, 1.54) is 4.90 Å². The van der Waals surface area contributed by atoms with Gasteiger partial charge < -0.3 is 25.0 Å². The highest BCUT2D eigenvalue weighted by Gasteiger charge is 2.26. The van der Waals surface area contributed by atoms with Gasteiger partial charge in [-0.15, -0.1) is 0 Å². The van der Waals surface area contributed by atoms with Gasteiger partial charge in [-0.25, -0.2) is 9.59 Å². The second kappa shape index (κ2) is 11.1. The number of hydrogen-bond donors (Lipinski definition) is 3. The van der Waals surface area contributed by atoms with Crippen molar-refractivity contribution in [3.8, 4) is 17.2 Å². The average Bonchev–Trinajstić information content (AvgIpc) is 2.90. The monoisotopic (exact) mass is 497 g/mol. The van der Waals surface area contributed by atoms with E-state index in [1.54, 1.807) is 24.3 Å². The van der Waals surface area contributed by atoms with E-state index in [1.807, 2.05) is 60.7 Å². The van der Waals surface area contributed by atoms with Crippen molar-refractivity contribution < 1.29 is 34.4 Å². The van der Waals surface area contributed by atoms with Crippen molar-refractivity contribution in [2.24, 2.45) is 0 Å². The number of carbonyl (C=O) groups is 3. The van der Waals surface area contributed by atoms with Crippen LogP contribution in [0.1, 0.15) is 42.2 Å². The fraction of sp³-hybridized carbons (Fsp3) is 0.0690. The Bertz CT molecular complexity index is 1420. The van der Waals surface area contributed by atoms with E-state index in [4.69, 9.17) is 4.74 Å². The minimum absolute atomic E-state index is 0.113. The van der Waals surface area contributed by atoms with Gasteiger partial charge in [0.2, 0.25) is 0 Å². The van der Waals surface area contributed by atoms with Gasteiger partial charge in [-0.05, 0) is 47.5 Å². The maximum Gasteiger partial charge on any atom is 0.339 e. The van der Waals surface area contributed by atoms with Crippen LogP contribution in [0, 0.1) is 0 Å². The highest BCUT2D eigenvalue weighted by Crippen LogP contribution is 2.26. The Morgan fingerprint density at radius 2 is 1.14 bits per heavy atom. The number of amides is 1. The second-order valence-corrected chi connectivity index (χ2v) is 8.23. The molecule has 4 rings (SSSR count). The van der Waals surface area contributed by atoms with Crippen molar-refractivity contribution >= 4 is 17.8 Å². The molecule has 0 heterocycles. The highest BCUT2D eigenvalue weighted by atomic mass is 16.5. The molecule has 37 heavy (non-hydrogen) atoms. The standard InChI is InChI=1S/C29H23NO7/c31-26-16-24(28(33)34)23(15-25(26)29(35)36)27(32)30(17-19-7-3-1-4-8-19)18-20-11-13-22(14-12-20)37-21-9-5-2-6-10-21/h1-16,31H,17-18H2,(H,33,34)(H,35,36). The lowest BCUT2D eigenvalue weighted by Crippen LogP contribution is -2.31. The molecule has 0 aromatic heterocycles. The molecular weight excluding hydrogens is 474 g/mol. The molecule has 186 valence electrons. The van der Waals surface area contributed by atoms with Crippen molar-refractivity contribution in [1.29, 1.82) is 0 Å². The van der Waals surface area contributed by atoms with Crippen molar-refractivity contribution in [3.63, 3.8) is 0 Å². The molecular formula is C29H23NO7. The van der Waals surface area contributed by atoms with Gasteiger partial charge in [-0.1, -0.05) is 60.7 Å². The topological polar surface area (TPSA) is 124 Å². The first-order valence-corrected chi connectivity index (χ1v) is 11.3. The third kappa shape index (κ3) is 6.12. The lowest BCUT2D eigenvalue weighted by Gasteiger charge is -2.24. The minimum Gasteiger partial charge on any atom is -0.507 e. The lowest BCUT2D eigenvalue weighted by molar-refractivity contribution is 0.0661. The number of rotatable bonds is 9. The summed E-state index contributed by atoms with van der Waals surface area (Å²) in [6, 6.07) is 27.2. The number of aromatic hydroxyl groups is 1. The van der Waals surface area contributed by atoms with Crippen LogP contribution >= 0.6 is 0 Å². The molecule has 8 nitrogen and oxygen atoms in total. The summed E-state index contributed by atoms with van der Waals surface area (Å²) < 4.78 is 5.81. The van der Waals surface area contributed by atoms with Crippen LogP contribution in [0.5, 0.6) is 17.2 Å². The van der Waals surface area contributed by atoms with E-state index in [-0.39, 0.29) is 18.7 Å². The number of benzene rings is 4. The Balaban J connectivity index is 1.66. The van der Waals surface area contributed by atoms with Gasteiger partial charge in [0, 0.05) is 13.1 Å². The Labute approximate surface area is 212 Å². The first-order chi connectivity index (χ1) is 17.8. The number of para-hydroxylation sites is 1. The number of phenols is 1. The first kappa shape index (κ1) is 25.0. The fourth-order valence-corrected chi connectivity index (χ4v) is 3.80. The van der Waals surface area contributed by atoms with Crippen LogP contribution in [0.15, 0.2) is 97.1 Å². The van der Waals surface area contributed by atoms with Gasteiger partial charge in [0.05, 0.1) is 11.1 Å². The van der Waals surface area contributed by atoms with Crippen molar-refractivity contribution in [2.75, 3.05) is 0 Å². The Hall–Kier alpha value is -5.11. The van der Waals surface area contributed by atoms with Gasteiger partial charge >= 0.3 is 11.9 Å². The summed E-state index contributed by atoms with van der Waals surface area (Å²) in [7, 11) is 0. The molecule has 4 aromatic carbocycles. The maximum atomic E-state index is 13.6. The minimum atomic E-state index is -1.48. The quantitative estimate of drug-likeness (QED) is 0.282. The number of ether oxygens (including phenoxy) is 1. The molecule has 0 aliphatic carbocycles. The van der Waals surface area contributed by atoms with Crippen LogP contribution in [0.2, 0.25) is 0 Å². The number of carboxylic acids is 2. The molecule has 3 N–H and O–H groups in total. The molecule has 1 amide bonds. The summed E-state index contributed by atoms with van der Waals surface area (Å²) in [6.45, 7) is 0.256. The molecule has 0 atom stereocenters. The molecule has 4 aromatic rings. The van der Waals surface area contributed by atoms with Gasteiger partial charge in [0.25, 0.3) is 5.91 Å². The Morgan fingerprint density at radius 3 is 1.70 bits per heavy atom. The van der Waals surface area contributed by atoms with E-state index >= 15 is 0 Å². The van der Waals surface area contributed by atoms with Crippen LogP contribution in [0.25, 0.3) is 0 Å². The zero-order valence-electron chi connectivity index (χ0n) is 19.6. The number of nitrogens with zero attached hydrogens (tertiary/aromatic N) is 1. The molecule has 0 saturated heterocycles. The summed E-state index contributed by atoms with van der Waals surface area (Å²) in [5.74, 6) is -3.07. The molecule has 0 bridgehead atoms. The molecule has 0 fully saturated rings. The molecule has 0 unspecified atom stereocenters. The van der Waals surface area contributed by atoms with Crippen LogP contribution in [0.3, 0.4) is 0 Å². The third-order valence-corrected chi connectivity index (χ3v) is 5.61. The molecule has 0 saturated carbocycles. The Morgan fingerprint density at radius 1 is 0.622 bits per heavy atom. The van der Waals surface area contributed by atoms with Crippen LogP contribution in [-0.4, -0.2) is 38.1 Å². The van der Waals surface area contributed by atoms with Crippen LogP contribution in [0.4, 0.5) is 0 Å². The maximum absolute atomic E-state index is 13.6. The Kier molecular flexibility index (Phi) is 7.49. The summed E-state index contributed by atoms with van der Waals surface area (Å²) in [6.07, 6.45) is 0. The molecule has 0 aliphatic heterocycles. The molecule has 8 heteroatoms. The van der Waals surface area contributed by atoms with Gasteiger partial charge in [0.1, 0.15) is 22.8 Å². The van der Waals surface area contributed by atoms with E-state index < -0.39 is 34.7 Å². The third-order valence-electron chi connectivity index (χ3n) is 5.61. The number of carbonyl (C=O) groups excluding carboxylic acids is 1. The van der Waals surface area contributed by atoms with Crippen molar-refractivity contribution in [3.05, 3.63) is 125 Å². The number of hydrogen-bond acceptors (Lipinski definition) is 5. The van der Waals surface area contributed by atoms with Gasteiger partial charge in [0.15, 0.2) is 0 Å². The van der Waals surface area contributed by atoms with Crippen molar-refractivity contribution in [2.45, 2.75) is 13.1 Å². The van der Waals surface area contributed by atoms with Crippen LogP contribution in [-0.2, 0) is 13.1 Å². The smallest absolute Gasteiger partial charge is 0.339 e. The van der Waals surface area contributed by atoms with Gasteiger partial charge in [-0.2, -0.15) is 0 Å². The molecule has 0 radical (unpaired) electrons.